The molecular weight excluding hydrogens is 396 g/mol. The number of carbonyl (C=O) groups excluding carboxylic acids is 2. The minimum absolute atomic E-state index is 0.0641. The van der Waals surface area contributed by atoms with Gasteiger partial charge >= 0.3 is 0 Å². The monoisotopic (exact) mass is 422 g/mol. The van der Waals surface area contributed by atoms with Crippen molar-refractivity contribution >= 4 is 11.8 Å². The fraction of sp³-hybridized carbons (Fsp3) is 0.409. The van der Waals surface area contributed by atoms with Gasteiger partial charge in [-0.15, -0.1) is 0 Å². The number of benzene rings is 1. The summed E-state index contributed by atoms with van der Waals surface area (Å²) in [7, 11) is 0. The molecule has 2 amide bonds. The maximum absolute atomic E-state index is 13.1. The van der Waals surface area contributed by atoms with Crippen molar-refractivity contribution in [2.24, 2.45) is 5.92 Å². The molecule has 0 saturated carbocycles. The molecule has 1 fully saturated rings. The van der Waals surface area contributed by atoms with Crippen LogP contribution in [0.4, 0.5) is 0 Å². The number of aromatic nitrogens is 4. The number of likely N-dealkylation sites (tertiary alicyclic amines) is 1. The molecule has 0 bridgehead atoms. The Kier molecular flexibility index (Phi) is 6.11. The number of nitrogens with one attached hydrogen (secondary N) is 2. The first kappa shape index (κ1) is 20.8. The van der Waals surface area contributed by atoms with Gasteiger partial charge in [0.15, 0.2) is 0 Å². The number of H-pyrrole nitrogens is 1. The van der Waals surface area contributed by atoms with Crippen LogP contribution in [-0.4, -0.2) is 50.3 Å². The average Bonchev–Trinajstić information content (AvgIpc) is 3.37. The van der Waals surface area contributed by atoms with E-state index >= 15 is 0 Å². The van der Waals surface area contributed by atoms with Gasteiger partial charge in [-0.05, 0) is 32.6 Å². The fourth-order valence-corrected chi connectivity index (χ4v) is 3.98. The Morgan fingerprint density at radius 1 is 1.23 bits per heavy atom. The van der Waals surface area contributed by atoms with Gasteiger partial charge in [-0.3, -0.25) is 14.7 Å². The van der Waals surface area contributed by atoms with E-state index in [1.165, 1.54) is 0 Å². The summed E-state index contributed by atoms with van der Waals surface area (Å²) in [6, 6.07) is 9.80. The molecule has 1 atom stereocenters. The minimum atomic E-state index is -0.0680. The summed E-state index contributed by atoms with van der Waals surface area (Å²) in [6.45, 7) is 5.22. The van der Waals surface area contributed by atoms with Crippen molar-refractivity contribution in [1.29, 1.82) is 0 Å². The van der Waals surface area contributed by atoms with Crippen molar-refractivity contribution in [2.45, 2.75) is 39.7 Å². The number of rotatable bonds is 6. The second-order valence-corrected chi connectivity index (χ2v) is 7.97. The van der Waals surface area contributed by atoms with E-state index in [-0.39, 0.29) is 17.7 Å². The first-order valence-corrected chi connectivity index (χ1v) is 10.5. The highest BCUT2D eigenvalue weighted by Crippen LogP contribution is 2.26. The van der Waals surface area contributed by atoms with Crippen LogP contribution in [0.2, 0.25) is 0 Å². The molecule has 1 aromatic carbocycles. The van der Waals surface area contributed by atoms with Gasteiger partial charge in [0, 0.05) is 30.6 Å². The van der Waals surface area contributed by atoms with Gasteiger partial charge in [0.2, 0.25) is 5.91 Å². The maximum atomic E-state index is 13.1. The number of aromatic amines is 1. The molecule has 9 heteroatoms. The predicted octanol–water partition coefficient (Wildman–Crippen LogP) is 2.64. The van der Waals surface area contributed by atoms with Gasteiger partial charge in [0.05, 0.1) is 12.2 Å². The van der Waals surface area contributed by atoms with E-state index in [1.807, 2.05) is 42.2 Å². The molecule has 2 aromatic heterocycles. The zero-order chi connectivity index (χ0) is 21.8. The highest BCUT2D eigenvalue weighted by molar-refractivity contribution is 5.95. The van der Waals surface area contributed by atoms with Gasteiger partial charge in [-0.1, -0.05) is 40.6 Å². The Balaban J connectivity index is 1.36. The second-order valence-electron chi connectivity index (χ2n) is 7.97. The molecule has 1 saturated heterocycles. The van der Waals surface area contributed by atoms with E-state index in [0.717, 1.165) is 29.7 Å². The van der Waals surface area contributed by atoms with Crippen LogP contribution in [0.25, 0.3) is 11.3 Å². The molecule has 1 aliphatic heterocycles. The molecule has 0 spiro atoms. The van der Waals surface area contributed by atoms with E-state index in [1.54, 1.807) is 6.92 Å². The average molecular weight is 422 g/mol. The quantitative estimate of drug-likeness (QED) is 0.631. The molecule has 3 heterocycles. The molecule has 31 heavy (non-hydrogen) atoms. The molecule has 4 rings (SSSR count). The van der Waals surface area contributed by atoms with Gasteiger partial charge in [0.1, 0.15) is 17.1 Å². The van der Waals surface area contributed by atoms with Crippen LogP contribution in [0.1, 0.15) is 46.7 Å². The number of hydrogen-bond donors (Lipinski definition) is 2. The lowest BCUT2D eigenvalue weighted by Gasteiger charge is -2.32. The predicted molar refractivity (Wildman–Crippen MR) is 113 cm³/mol. The number of aryl methyl sites for hydroxylation is 1. The largest absolute Gasteiger partial charge is 0.350 e. The van der Waals surface area contributed by atoms with Gasteiger partial charge in [-0.2, -0.15) is 5.10 Å². The van der Waals surface area contributed by atoms with Crippen molar-refractivity contribution in [3.8, 4) is 11.3 Å². The Morgan fingerprint density at radius 3 is 2.77 bits per heavy atom. The van der Waals surface area contributed by atoms with E-state index < -0.39 is 0 Å². The lowest BCUT2D eigenvalue weighted by Crippen LogP contribution is -2.41. The molecule has 0 aliphatic carbocycles. The van der Waals surface area contributed by atoms with Crippen molar-refractivity contribution < 1.29 is 14.2 Å². The third-order valence-electron chi connectivity index (χ3n) is 5.75. The Labute approximate surface area is 180 Å². The van der Waals surface area contributed by atoms with Crippen LogP contribution in [0.3, 0.4) is 0 Å². The standard InChI is InChI=1S/C22H26N6O3/c1-14-20(17-8-4-3-5-9-17)24-25-21(14)22(30)28-10-6-7-16(13-28)11-19(29)23-12-18-15(2)26-31-27-18/h3-5,8-9,16H,6-7,10-13H2,1-2H3,(H,23,29)(H,24,25). The summed E-state index contributed by atoms with van der Waals surface area (Å²) in [5, 5.41) is 17.6. The first-order chi connectivity index (χ1) is 15.0. The zero-order valence-electron chi connectivity index (χ0n) is 17.7. The Bertz CT molecular complexity index is 1060. The number of nitrogens with zero attached hydrogens (tertiary/aromatic N) is 4. The van der Waals surface area contributed by atoms with Crippen molar-refractivity contribution in [3.05, 3.63) is 53.0 Å². The van der Waals surface area contributed by atoms with Gasteiger partial charge in [0.25, 0.3) is 5.91 Å². The number of hydrogen-bond acceptors (Lipinski definition) is 6. The first-order valence-electron chi connectivity index (χ1n) is 10.5. The van der Waals surface area contributed by atoms with Crippen LogP contribution in [-0.2, 0) is 11.3 Å². The van der Waals surface area contributed by atoms with E-state index in [2.05, 4.69) is 30.5 Å². The van der Waals surface area contributed by atoms with E-state index in [0.29, 0.717) is 43.1 Å². The van der Waals surface area contributed by atoms with Crippen molar-refractivity contribution in [2.75, 3.05) is 13.1 Å². The smallest absolute Gasteiger partial charge is 0.272 e. The van der Waals surface area contributed by atoms with Gasteiger partial charge < -0.3 is 10.2 Å². The fourth-order valence-electron chi connectivity index (χ4n) is 3.98. The Hall–Kier alpha value is -3.49. The number of piperidine rings is 1. The molecule has 0 radical (unpaired) electrons. The van der Waals surface area contributed by atoms with Crippen LogP contribution in [0.15, 0.2) is 35.0 Å². The summed E-state index contributed by atoms with van der Waals surface area (Å²) in [5.41, 5.74) is 4.40. The summed E-state index contributed by atoms with van der Waals surface area (Å²) in [6.07, 6.45) is 2.15. The highest BCUT2D eigenvalue weighted by Gasteiger charge is 2.28. The number of amides is 2. The molecule has 2 N–H and O–H groups in total. The van der Waals surface area contributed by atoms with Gasteiger partial charge in [-0.25, -0.2) is 4.63 Å². The maximum Gasteiger partial charge on any atom is 0.272 e. The van der Waals surface area contributed by atoms with Crippen LogP contribution in [0, 0.1) is 19.8 Å². The lowest BCUT2D eigenvalue weighted by molar-refractivity contribution is -0.122. The van der Waals surface area contributed by atoms with E-state index in [4.69, 9.17) is 0 Å². The zero-order valence-corrected chi connectivity index (χ0v) is 17.7. The molecular formula is C22H26N6O3. The van der Waals surface area contributed by atoms with Crippen molar-refractivity contribution in [3.63, 3.8) is 0 Å². The normalized spacial score (nSPS) is 16.3. The van der Waals surface area contributed by atoms with Crippen LogP contribution < -0.4 is 5.32 Å². The summed E-state index contributed by atoms with van der Waals surface area (Å²) >= 11 is 0. The van der Waals surface area contributed by atoms with E-state index in [9.17, 15) is 9.59 Å². The molecule has 9 nitrogen and oxygen atoms in total. The van der Waals surface area contributed by atoms with Crippen LogP contribution in [0.5, 0.6) is 0 Å². The lowest BCUT2D eigenvalue weighted by atomic mass is 9.94. The second kappa shape index (κ2) is 9.11. The molecule has 162 valence electrons. The third kappa shape index (κ3) is 4.65. The molecule has 3 aromatic rings. The minimum Gasteiger partial charge on any atom is -0.350 e. The van der Waals surface area contributed by atoms with Crippen molar-refractivity contribution in [1.82, 2.24) is 30.7 Å². The highest BCUT2D eigenvalue weighted by atomic mass is 16.6. The molecule has 1 aliphatic rings. The van der Waals surface area contributed by atoms with Crippen LogP contribution >= 0.6 is 0 Å². The summed E-state index contributed by atoms with van der Waals surface area (Å²) in [5.74, 6) is -0.0154. The SMILES string of the molecule is Cc1nonc1CNC(=O)CC1CCCN(C(=O)c2[nH]nc(-c3ccccc3)c2C)C1. The third-order valence-corrected chi connectivity index (χ3v) is 5.75. The Morgan fingerprint density at radius 2 is 2.03 bits per heavy atom. The number of carbonyl (C=O) groups is 2. The topological polar surface area (TPSA) is 117 Å². The summed E-state index contributed by atoms with van der Waals surface area (Å²) < 4.78 is 4.65. The molecule has 1 unspecified atom stereocenters. The summed E-state index contributed by atoms with van der Waals surface area (Å²) in [4.78, 5) is 27.3.